The van der Waals surface area contributed by atoms with Crippen molar-refractivity contribution in [2.45, 2.75) is 6.92 Å². The number of ketones is 1. The van der Waals surface area contributed by atoms with Gasteiger partial charge in [-0.25, -0.2) is 0 Å². The minimum absolute atomic E-state index is 0.126. The van der Waals surface area contributed by atoms with Crippen LogP contribution in [-0.2, 0) is 4.79 Å². The normalized spacial score (nSPS) is 15.0. The SMILES string of the molecule is CC(=O)c1cc([N+](=O)[O-])ccc1N1CCNC(=O)C1. The third-order valence-electron chi connectivity index (χ3n) is 2.95. The molecule has 1 aliphatic rings. The summed E-state index contributed by atoms with van der Waals surface area (Å²) in [7, 11) is 0. The second-order valence-electron chi connectivity index (χ2n) is 4.29. The quantitative estimate of drug-likeness (QED) is 0.493. The highest BCUT2D eigenvalue weighted by atomic mass is 16.6. The average Bonchev–Trinajstić information content (AvgIpc) is 2.37. The molecule has 1 amide bonds. The van der Waals surface area contributed by atoms with Crippen molar-refractivity contribution < 1.29 is 14.5 Å². The van der Waals surface area contributed by atoms with Gasteiger partial charge in [-0.1, -0.05) is 0 Å². The molecule has 1 saturated heterocycles. The Balaban J connectivity index is 2.41. The summed E-state index contributed by atoms with van der Waals surface area (Å²) in [6.45, 7) is 2.57. The lowest BCUT2D eigenvalue weighted by molar-refractivity contribution is -0.384. The van der Waals surface area contributed by atoms with Crippen molar-refractivity contribution in [1.29, 1.82) is 0 Å². The highest BCUT2D eigenvalue weighted by Crippen LogP contribution is 2.26. The molecule has 0 bridgehead atoms. The van der Waals surface area contributed by atoms with E-state index in [-0.39, 0.29) is 29.5 Å². The number of rotatable bonds is 3. The number of carbonyl (C=O) groups excluding carboxylic acids is 2. The molecular weight excluding hydrogens is 250 g/mol. The number of anilines is 1. The Hall–Kier alpha value is -2.44. The van der Waals surface area contributed by atoms with Gasteiger partial charge in [-0.15, -0.1) is 0 Å². The van der Waals surface area contributed by atoms with Gasteiger partial charge in [0.25, 0.3) is 5.69 Å². The Labute approximate surface area is 109 Å². The van der Waals surface area contributed by atoms with Crippen molar-refractivity contribution >= 4 is 23.1 Å². The second-order valence-corrected chi connectivity index (χ2v) is 4.29. The molecule has 1 aromatic carbocycles. The zero-order valence-corrected chi connectivity index (χ0v) is 10.4. The van der Waals surface area contributed by atoms with Crippen LogP contribution in [0, 0.1) is 10.1 Å². The molecule has 1 fully saturated rings. The minimum Gasteiger partial charge on any atom is -0.360 e. The first kappa shape index (κ1) is 13.0. The van der Waals surface area contributed by atoms with Crippen molar-refractivity contribution in [3.05, 3.63) is 33.9 Å². The van der Waals surface area contributed by atoms with Gasteiger partial charge in [-0.05, 0) is 13.0 Å². The van der Waals surface area contributed by atoms with Crippen LogP contribution in [0.3, 0.4) is 0 Å². The van der Waals surface area contributed by atoms with E-state index in [0.29, 0.717) is 18.8 Å². The van der Waals surface area contributed by atoms with Crippen molar-refractivity contribution in [2.24, 2.45) is 0 Å². The average molecular weight is 263 g/mol. The van der Waals surface area contributed by atoms with Crippen LogP contribution in [0.5, 0.6) is 0 Å². The Morgan fingerprint density at radius 3 is 2.79 bits per heavy atom. The smallest absolute Gasteiger partial charge is 0.270 e. The molecule has 0 aliphatic carbocycles. The predicted molar refractivity (Wildman–Crippen MR) is 68.3 cm³/mol. The molecule has 1 heterocycles. The number of benzene rings is 1. The summed E-state index contributed by atoms with van der Waals surface area (Å²) in [5, 5.41) is 13.4. The van der Waals surface area contributed by atoms with Crippen LogP contribution < -0.4 is 10.2 Å². The number of nitro groups is 1. The minimum atomic E-state index is -0.543. The van der Waals surface area contributed by atoms with E-state index in [9.17, 15) is 19.7 Å². The number of piperazine rings is 1. The van der Waals surface area contributed by atoms with Gasteiger partial charge in [0.1, 0.15) is 0 Å². The number of nitrogens with zero attached hydrogens (tertiary/aromatic N) is 2. The largest absolute Gasteiger partial charge is 0.360 e. The standard InChI is InChI=1S/C12H13N3O4/c1-8(16)10-6-9(15(18)19)2-3-11(10)14-5-4-13-12(17)7-14/h2-3,6H,4-5,7H2,1H3,(H,13,17). The van der Waals surface area contributed by atoms with Gasteiger partial charge in [0.2, 0.25) is 5.91 Å². The highest BCUT2D eigenvalue weighted by Gasteiger charge is 2.22. The van der Waals surface area contributed by atoms with Gasteiger partial charge in [0, 0.05) is 36.5 Å². The molecule has 19 heavy (non-hydrogen) atoms. The van der Waals surface area contributed by atoms with Gasteiger partial charge in [-0.2, -0.15) is 0 Å². The first-order valence-corrected chi connectivity index (χ1v) is 5.80. The molecule has 0 aromatic heterocycles. The van der Waals surface area contributed by atoms with Crippen molar-refractivity contribution in [2.75, 3.05) is 24.5 Å². The predicted octanol–water partition coefficient (Wildman–Crippen LogP) is 0.734. The third kappa shape index (κ3) is 2.70. The molecule has 2 rings (SSSR count). The van der Waals surface area contributed by atoms with Crippen LogP contribution in [0.25, 0.3) is 0 Å². The summed E-state index contributed by atoms with van der Waals surface area (Å²) in [4.78, 5) is 34.9. The number of nitrogens with one attached hydrogen (secondary N) is 1. The number of carbonyl (C=O) groups is 2. The fourth-order valence-electron chi connectivity index (χ4n) is 2.04. The Kier molecular flexibility index (Phi) is 3.46. The molecule has 1 N–H and O–H groups in total. The maximum absolute atomic E-state index is 11.6. The summed E-state index contributed by atoms with van der Waals surface area (Å²) in [5.41, 5.74) is 0.701. The van der Waals surface area contributed by atoms with Gasteiger partial charge < -0.3 is 10.2 Å². The number of hydrogen-bond acceptors (Lipinski definition) is 5. The Morgan fingerprint density at radius 1 is 1.47 bits per heavy atom. The third-order valence-corrected chi connectivity index (χ3v) is 2.95. The van der Waals surface area contributed by atoms with Crippen LogP contribution in [0.2, 0.25) is 0 Å². The number of amides is 1. The van der Waals surface area contributed by atoms with E-state index in [1.807, 2.05) is 0 Å². The van der Waals surface area contributed by atoms with E-state index in [1.54, 1.807) is 4.90 Å². The maximum Gasteiger partial charge on any atom is 0.270 e. The fraction of sp³-hybridized carbons (Fsp3) is 0.333. The molecule has 0 spiro atoms. The molecule has 1 aromatic rings. The van der Waals surface area contributed by atoms with Crippen molar-refractivity contribution in [3.8, 4) is 0 Å². The fourth-order valence-corrected chi connectivity index (χ4v) is 2.04. The maximum atomic E-state index is 11.6. The first-order valence-electron chi connectivity index (χ1n) is 5.80. The second kappa shape index (κ2) is 5.05. The van der Waals surface area contributed by atoms with Gasteiger partial charge in [-0.3, -0.25) is 19.7 Å². The highest BCUT2D eigenvalue weighted by molar-refractivity contribution is 6.01. The lowest BCUT2D eigenvalue weighted by Crippen LogP contribution is -2.48. The molecule has 100 valence electrons. The Morgan fingerprint density at radius 2 is 2.21 bits per heavy atom. The van der Waals surface area contributed by atoms with Gasteiger partial charge in [0.05, 0.1) is 11.5 Å². The van der Waals surface area contributed by atoms with Crippen LogP contribution in [0.1, 0.15) is 17.3 Å². The van der Waals surface area contributed by atoms with E-state index in [4.69, 9.17) is 0 Å². The first-order chi connectivity index (χ1) is 8.99. The summed E-state index contributed by atoms with van der Waals surface area (Å²) in [6, 6.07) is 4.12. The number of Topliss-reactive ketones (excluding diaryl/α,β-unsaturated/α-hetero) is 1. The number of non-ortho nitro benzene ring substituents is 1. The lowest BCUT2D eigenvalue weighted by Gasteiger charge is -2.29. The van der Waals surface area contributed by atoms with E-state index >= 15 is 0 Å². The molecule has 1 aliphatic heterocycles. The summed E-state index contributed by atoms with van der Waals surface area (Å²) < 4.78 is 0. The van der Waals surface area contributed by atoms with E-state index in [1.165, 1.54) is 25.1 Å². The van der Waals surface area contributed by atoms with Crippen molar-refractivity contribution in [1.82, 2.24) is 5.32 Å². The number of hydrogen-bond donors (Lipinski definition) is 1. The van der Waals surface area contributed by atoms with Crippen LogP contribution in [0.4, 0.5) is 11.4 Å². The topological polar surface area (TPSA) is 92.5 Å². The molecule has 0 atom stereocenters. The molecule has 7 nitrogen and oxygen atoms in total. The van der Waals surface area contributed by atoms with Crippen molar-refractivity contribution in [3.63, 3.8) is 0 Å². The van der Waals surface area contributed by atoms with E-state index in [0.717, 1.165) is 0 Å². The molecule has 7 heteroatoms. The van der Waals surface area contributed by atoms with E-state index in [2.05, 4.69) is 5.32 Å². The number of nitro benzene ring substituents is 1. The van der Waals surface area contributed by atoms with Crippen LogP contribution >= 0.6 is 0 Å². The van der Waals surface area contributed by atoms with Gasteiger partial charge >= 0.3 is 0 Å². The zero-order chi connectivity index (χ0) is 14.0. The van der Waals surface area contributed by atoms with Gasteiger partial charge in [0.15, 0.2) is 5.78 Å². The lowest BCUT2D eigenvalue weighted by atomic mass is 10.1. The van der Waals surface area contributed by atoms with Crippen LogP contribution in [0.15, 0.2) is 18.2 Å². The molecular formula is C12H13N3O4. The molecule has 0 radical (unpaired) electrons. The molecule has 0 unspecified atom stereocenters. The monoisotopic (exact) mass is 263 g/mol. The van der Waals surface area contributed by atoms with E-state index < -0.39 is 4.92 Å². The van der Waals surface area contributed by atoms with Crippen LogP contribution in [-0.4, -0.2) is 36.2 Å². The summed E-state index contributed by atoms with van der Waals surface area (Å²) >= 11 is 0. The molecule has 0 saturated carbocycles. The Bertz CT molecular complexity index is 556. The summed E-state index contributed by atoms with van der Waals surface area (Å²) in [6.07, 6.45) is 0. The zero-order valence-electron chi connectivity index (χ0n) is 10.4. The summed E-state index contributed by atoms with van der Waals surface area (Å²) in [5.74, 6) is -0.385.